The Bertz CT molecular complexity index is 342. The van der Waals surface area contributed by atoms with E-state index in [4.69, 9.17) is 14.3 Å². The summed E-state index contributed by atoms with van der Waals surface area (Å²) in [6, 6.07) is 3.96. The Morgan fingerprint density at radius 2 is 2.35 bits per heavy atom. The number of nitrogens with one attached hydrogen (secondary N) is 1. The van der Waals surface area contributed by atoms with Crippen LogP contribution in [0.3, 0.4) is 0 Å². The van der Waals surface area contributed by atoms with Crippen LogP contribution >= 0.6 is 0 Å². The number of hydrogen-bond acceptors (Lipinski definition) is 4. The van der Waals surface area contributed by atoms with Crippen molar-refractivity contribution in [3.8, 4) is 0 Å². The molecule has 0 amide bonds. The minimum atomic E-state index is 0.108. The van der Waals surface area contributed by atoms with Crippen molar-refractivity contribution < 1.29 is 14.3 Å². The topological polar surface area (TPSA) is 54.6 Å². The predicted molar refractivity (Wildman–Crippen MR) is 64.7 cm³/mol. The molecule has 1 saturated heterocycles. The van der Waals surface area contributed by atoms with Gasteiger partial charge in [-0.2, -0.15) is 0 Å². The van der Waals surface area contributed by atoms with E-state index in [1.807, 2.05) is 19.1 Å². The molecule has 1 atom stereocenters. The second-order valence-electron chi connectivity index (χ2n) is 4.89. The van der Waals surface area contributed by atoms with Crippen LogP contribution in [0, 0.1) is 12.3 Å². The summed E-state index contributed by atoms with van der Waals surface area (Å²) in [5, 5.41) is 12.5. The lowest BCUT2D eigenvalue weighted by Gasteiger charge is -2.26. The Hall–Kier alpha value is -0.840. The average molecular weight is 239 g/mol. The van der Waals surface area contributed by atoms with Crippen LogP contribution in [0.2, 0.25) is 0 Å². The molecule has 17 heavy (non-hydrogen) atoms. The normalized spacial score (nSPS) is 24.4. The van der Waals surface area contributed by atoms with E-state index in [-0.39, 0.29) is 12.0 Å². The molecule has 1 unspecified atom stereocenters. The number of rotatable bonds is 6. The summed E-state index contributed by atoms with van der Waals surface area (Å²) in [7, 11) is 0. The van der Waals surface area contributed by atoms with E-state index >= 15 is 0 Å². The molecule has 1 aliphatic rings. The first kappa shape index (κ1) is 12.6. The van der Waals surface area contributed by atoms with E-state index in [2.05, 4.69) is 5.32 Å². The molecule has 96 valence electrons. The standard InChI is InChI=1S/C13H21NO3/c1-11-2-3-12(17-11)8-14-9-13(4-6-15)5-7-16-10-13/h2-3,14-15H,4-10H2,1H3. The Morgan fingerprint density at radius 1 is 1.47 bits per heavy atom. The first-order valence-corrected chi connectivity index (χ1v) is 6.19. The SMILES string of the molecule is Cc1ccc(CNCC2(CCO)CCOC2)o1. The molecule has 0 bridgehead atoms. The van der Waals surface area contributed by atoms with Crippen molar-refractivity contribution in [2.45, 2.75) is 26.3 Å². The molecule has 0 aliphatic carbocycles. The highest BCUT2D eigenvalue weighted by Gasteiger charge is 2.33. The summed E-state index contributed by atoms with van der Waals surface area (Å²) in [6.45, 7) is 5.33. The lowest BCUT2D eigenvalue weighted by atomic mass is 9.84. The summed E-state index contributed by atoms with van der Waals surface area (Å²) in [4.78, 5) is 0. The van der Waals surface area contributed by atoms with Gasteiger partial charge in [0.25, 0.3) is 0 Å². The molecule has 4 nitrogen and oxygen atoms in total. The van der Waals surface area contributed by atoms with Gasteiger partial charge in [0, 0.05) is 25.2 Å². The van der Waals surface area contributed by atoms with Crippen LogP contribution < -0.4 is 5.32 Å². The van der Waals surface area contributed by atoms with Gasteiger partial charge in [0.15, 0.2) is 0 Å². The molecule has 1 aliphatic heterocycles. The first-order chi connectivity index (χ1) is 8.24. The van der Waals surface area contributed by atoms with Gasteiger partial charge in [0.2, 0.25) is 0 Å². The van der Waals surface area contributed by atoms with Gasteiger partial charge in [-0.15, -0.1) is 0 Å². The van der Waals surface area contributed by atoms with Gasteiger partial charge in [0.1, 0.15) is 11.5 Å². The Balaban J connectivity index is 1.79. The van der Waals surface area contributed by atoms with E-state index in [0.717, 1.165) is 50.7 Å². The molecule has 2 N–H and O–H groups in total. The van der Waals surface area contributed by atoms with Gasteiger partial charge >= 0.3 is 0 Å². The largest absolute Gasteiger partial charge is 0.465 e. The van der Waals surface area contributed by atoms with Crippen LogP contribution in [0.4, 0.5) is 0 Å². The van der Waals surface area contributed by atoms with Crippen molar-refractivity contribution in [3.63, 3.8) is 0 Å². The molecule has 1 fully saturated rings. The van der Waals surface area contributed by atoms with E-state index in [0.29, 0.717) is 0 Å². The van der Waals surface area contributed by atoms with Gasteiger partial charge in [-0.25, -0.2) is 0 Å². The van der Waals surface area contributed by atoms with Gasteiger partial charge in [-0.1, -0.05) is 0 Å². The van der Waals surface area contributed by atoms with Gasteiger partial charge in [-0.05, 0) is 31.9 Å². The molecule has 0 saturated carbocycles. The van der Waals surface area contributed by atoms with E-state index in [1.54, 1.807) is 0 Å². The third-order valence-corrected chi connectivity index (χ3v) is 3.42. The molecule has 2 heterocycles. The monoisotopic (exact) mass is 239 g/mol. The number of ether oxygens (including phenoxy) is 1. The average Bonchev–Trinajstić information content (AvgIpc) is 2.90. The van der Waals surface area contributed by atoms with Crippen molar-refractivity contribution in [1.82, 2.24) is 5.32 Å². The number of aryl methyl sites for hydroxylation is 1. The number of furan rings is 1. The third kappa shape index (κ3) is 3.31. The molecule has 1 aromatic rings. The fourth-order valence-corrected chi connectivity index (χ4v) is 2.34. The highest BCUT2D eigenvalue weighted by Crippen LogP contribution is 2.31. The minimum absolute atomic E-state index is 0.108. The van der Waals surface area contributed by atoms with E-state index < -0.39 is 0 Å². The van der Waals surface area contributed by atoms with Crippen molar-refractivity contribution in [2.24, 2.45) is 5.41 Å². The van der Waals surface area contributed by atoms with Crippen molar-refractivity contribution in [2.75, 3.05) is 26.4 Å². The van der Waals surface area contributed by atoms with Gasteiger partial charge in [0.05, 0.1) is 13.2 Å². The molecular weight excluding hydrogens is 218 g/mol. The fourth-order valence-electron chi connectivity index (χ4n) is 2.34. The minimum Gasteiger partial charge on any atom is -0.465 e. The zero-order valence-corrected chi connectivity index (χ0v) is 10.4. The summed E-state index contributed by atoms with van der Waals surface area (Å²) >= 11 is 0. The van der Waals surface area contributed by atoms with Crippen molar-refractivity contribution in [3.05, 3.63) is 23.7 Å². The molecule has 2 rings (SSSR count). The summed E-state index contributed by atoms with van der Waals surface area (Å²) < 4.78 is 10.9. The van der Waals surface area contributed by atoms with E-state index in [9.17, 15) is 0 Å². The maximum Gasteiger partial charge on any atom is 0.117 e. The number of aliphatic hydroxyl groups excluding tert-OH is 1. The Labute approximate surface area is 102 Å². The lowest BCUT2D eigenvalue weighted by Crippen LogP contribution is -2.35. The fraction of sp³-hybridized carbons (Fsp3) is 0.692. The zero-order chi connectivity index (χ0) is 12.1. The first-order valence-electron chi connectivity index (χ1n) is 6.19. The molecule has 0 aromatic carbocycles. The summed E-state index contributed by atoms with van der Waals surface area (Å²) in [5.41, 5.74) is 0.108. The van der Waals surface area contributed by atoms with Gasteiger partial charge < -0.3 is 19.6 Å². The summed E-state index contributed by atoms with van der Waals surface area (Å²) in [6.07, 6.45) is 1.83. The van der Waals surface area contributed by atoms with Crippen molar-refractivity contribution >= 4 is 0 Å². The molecule has 0 spiro atoms. The predicted octanol–water partition coefficient (Wildman–Crippen LogP) is 1.47. The smallest absolute Gasteiger partial charge is 0.117 e. The highest BCUT2D eigenvalue weighted by molar-refractivity contribution is 5.05. The second-order valence-corrected chi connectivity index (χ2v) is 4.89. The third-order valence-electron chi connectivity index (χ3n) is 3.42. The Morgan fingerprint density at radius 3 is 2.94 bits per heavy atom. The molecule has 1 aromatic heterocycles. The summed E-state index contributed by atoms with van der Waals surface area (Å²) in [5.74, 6) is 1.90. The number of aliphatic hydroxyl groups is 1. The van der Waals surface area contributed by atoms with Crippen LogP contribution in [0.15, 0.2) is 16.5 Å². The number of hydrogen-bond donors (Lipinski definition) is 2. The highest BCUT2D eigenvalue weighted by atomic mass is 16.5. The molecule has 0 radical (unpaired) electrons. The molecule has 4 heteroatoms. The Kier molecular flexibility index (Phi) is 4.20. The van der Waals surface area contributed by atoms with Crippen LogP contribution in [-0.4, -0.2) is 31.5 Å². The van der Waals surface area contributed by atoms with Crippen LogP contribution in [-0.2, 0) is 11.3 Å². The quantitative estimate of drug-likeness (QED) is 0.789. The van der Waals surface area contributed by atoms with Crippen LogP contribution in [0.1, 0.15) is 24.4 Å². The maximum atomic E-state index is 9.11. The van der Waals surface area contributed by atoms with E-state index in [1.165, 1.54) is 0 Å². The second kappa shape index (κ2) is 5.67. The van der Waals surface area contributed by atoms with Crippen LogP contribution in [0.25, 0.3) is 0 Å². The maximum absolute atomic E-state index is 9.11. The van der Waals surface area contributed by atoms with Crippen molar-refractivity contribution in [1.29, 1.82) is 0 Å². The lowest BCUT2D eigenvalue weighted by molar-refractivity contribution is 0.124. The zero-order valence-electron chi connectivity index (χ0n) is 10.4. The van der Waals surface area contributed by atoms with Gasteiger partial charge in [-0.3, -0.25) is 0 Å². The molecular formula is C13H21NO3. The van der Waals surface area contributed by atoms with Crippen LogP contribution in [0.5, 0.6) is 0 Å².